The molecule has 1 saturated heterocycles. The highest BCUT2D eigenvalue weighted by atomic mass is 35.5. The molecule has 3 nitrogen and oxygen atoms in total. The summed E-state index contributed by atoms with van der Waals surface area (Å²) in [6, 6.07) is 4.94. The molecular weight excluding hydrogens is 270 g/mol. The predicted octanol–water partition coefficient (Wildman–Crippen LogP) is 3.59. The van der Waals surface area contributed by atoms with Crippen molar-refractivity contribution in [3.05, 3.63) is 28.8 Å². The monoisotopic (exact) mass is 285 g/mol. The zero-order valence-electron chi connectivity index (χ0n) is 9.99. The fraction of sp³-hybridized carbons (Fsp3) is 0.462. The lowest BCUT2D eigenvalue weighted by atomic mass is 10.0. The van der Waals surface area contributed by atoms with Gasteiger partial charge in [-0.1, -0.05) is 11.6 Å². The number of hydrogen-bond donors (Lipinski definition) is 2. The summed E-state index contributed by atoms with van der Waals surface area (Å²) in [6.07, 6.45) is 2.40. The van der Waals surface area contributed by atoms with Crippen LogP contribution in [0.25, 0.3) is 0 Å². The summed E-state index contributed by atoms with van der Waals surface area (Å²) >= 11 is 7.81. The van der Waals surface area contributed by atoms with Gasteiger partial charge in [0, 0.05) is 17.3 Å². The molecule has 0 amide bonds. The molecule has 0 aliphatic carbocycles. The number of thioether (sulfide) groups is 1. The molecule has 2 N–H and O–H groups in total. The van der Waals surface area contributed by atoms with Crippen LogP contribution in [0.5, 0.6) is 0 Å². The summed E-state index contributed by atoms with van der Waals surface area (Å²) in [5.74, 6) is 2.11. The number of halogens is 1. The van der Waals surface area contributed by atoms with Gasteiger partial charge in [-0.2, -0.15) is 11.8 Å². The number of carbonyl (C=O) groups is 1. The molecule has 5 heteroatoms. The average Bonchev–Trinajstić information content (AvgIpc) is 2.38. The Hall–Kier alpha value is -0.870. The van der Waals surface area contributed by atoms with Crippen molar-refractivity contribution in [2.45, 2.75) is 12.8 Å². The van der Waals surface area contributed by atoms with E-state index in [0.29, 0.717) is 16.6 Å². The number of benzene rings is 1. The van der Waals surface area contributed by atoms with E-state index in [1.165, 1.54) is 30.4 Å². The van der Waals surface area contributed by atoms with Gasteiger partial charge in [-0.25, -0.2) is 4.79 Å². The second kappa shape index (κ2) is 6.34. The Labute approximate surface area is 116 Å². The Bertz CT molecular complexity index is 433. The van der Waals surface area contributed by atoms with Crippen LogP contribution in [0.1, 0.15) is 23.2 Å². The quantitative estimate of drug-likeness (QED) is 0.887. The second-order valence-corrected chi connectivity index (χ2v) is 6.09. The lowest BCUT2D eigenvalue weighted by molar-refractivity contribution is 0.0698. The zero-order valence-corrected chi connectivity index (χ0v) is 11.6. The molecule has 0 radical (unpaired) electrons. The standard InChI is InChI=1S/C13H16ClNO2S/c14-10-1-2-12(11(7-10)13(16)17)15-8-9-3-5-18-6-4-9/h1-2,7,9,15H,3-6,8H2,(H,16,17). The van der Waals surface area contributed by atoms with Crippen molar-refractivity contribution in [3.8, 4) is 0 Å². The molecule has 0 aromatic heterocycles. The molecule has 18 heavy (non-hydrogen) atoms. The second-order valence-electron chi connectivity index (χ2n) is 4.43. The maximum absolute atomic E-state index is 11.1. The van der Waals surface area contributed by atoms with Crippen LogP contribution in [-0.2, 0) is 0 Å². The summed E-state index contributed by atoms with van der Waals surface area (Å²) in [7, 11) is 0. The van der Waals surface area contributed by atoms with Gasteiger partial charge < -0.3 is 10.4 Å². The van der Waals surface area contributed by atoms with Gasteiger partial charge in [-0.05, 0) is 48.5 Å². The van der Waals surface area contributed by atoms with Crippen LogP contribution in [0.2, 0.25) is 5.02 Å². The first-order chi connectivity index (χ1) is 8.66. The fourth-order valence-electron chi connectivity index (χ4n) is 2.05. The molecule has 1 aromatic rings. The van der Waals surface area contributed by atoms with Crippen molar-refractivity contribution in [1.29, 1.82) is 0 Å². The topological polar surface area (TPSA) is 49.3 Å². The third kappa shape index (κ3) is 3.56. The largest absolute Gasteiger partial charge is 0.478 e. The maximum Gasteiger partial charge on any atom is 0.337 e. The van der Waals surface area contributed by atoms with E-state index in [9.17, 15) is 4.79 Å². The minimum atomic E-state index is -0.945. The minimum Gasteiger partial charge on any atom is -0.478 e. The van der Waals surface area contributed by atoms with Crippen molar-refractivity contribution < 1.29 is 9.90 Å². The number of nitrogens with one attached hydrogen (secondary N) is 1. The molecule has 1 fully saturated rings. The first kappa shape index (κ1) is 13.6. The number of carboxylic acids is 1. The van der Waals surface area contributed by atoms with E-state index in [1.54, 1.807) is 12.1 Å². The average molecular weight is 286 g/mol. The molecule has 1 aromatic carbocycles. The van der Waals surface area contributed by atoms with Gasteiger partial charge in [0.2, 0.25) is 0 Å². The smallest absolute Gasteiger partial charge is 0.337 e. The Kier molecular flexibility index (Phi) is 4.78. The van der Waals surface area contributed by atoms with E-state index in [1.807, 2.05) is 11.8 Å². The lowest BCUT2D eigenvalue weighted by Gasteiger charge is -2.22. The van der Waals surface area contributed by atoms with Gasteiger partial charge in [-0.15, -0.1) is 0 Å². The number of carboxylic acid groups (broad SMARTS) is 1. The number of hydrogen-bond acceptors (Lipinski definition) is 3. The molecule has 1 heterocycles. The third-order valence-corrected chi connectivity index (χ3v) is 4.42. The van der Waals surface area contributed by atoms with E-state index < -0.39 is 5.97 Å². The van der Waals surface area contributed by atoms with Crippen LogP contribution in [0.4, 0.5) is 5.69 Å². The van der Waals surface area contributed by atoms with Crippen LogP contribution in [0, 0.1) is 5.92 Å². The van der Waals surface area contributed by atoms with Crippen molar-refractivity contribution in [1.82, 2.24) is 0 Å². The Morgan fingerprint density at radius 1 is 1.44 bits per heavy atom. The van der Waals surface area contributed by atoms with Crippen molar-refractivity contribution in [2.75, 3.05) is 23.4 Å². The SMILES string of the molecule is O=C(O)c1cc(Cl)ccc1NCC1CCSCC1. The molecular formula is C13H16ClNO2S. The van der Waals surface area contributed by atoms with E-state index in [4.69, 9.17) is 16.7 Å². The van der Waals surface area contributed by atoms with Crippen molar-refractivity contribution >= 4 is 35.0 Å². The van der Waals surface area contributed by atoms with Gasteiger partial charge in [0.15, 0.2) is 0 Å². The van der Waals surface area contributed by atoms with Crippen LogP contribution in [-0.4, -0.2) is 29.1 Å². The molecule has 0 spiro atoms. The van der Waals surface area contributed by atoms with Crippen molar-refractivity contribution in [2.24, 2.45) is 5.92 Å². The highest BCUT2D eigenvalue weighted by Crippen LogP contribution is 2.25. The molecule has 1 aliphatic heterocycles. The molecule has 0 saturated carbocycles. The summed E-state index contributed by atoms with van der Waals surface area (Å²) in [4.78, 5) is 11.1. The molecule has 0 atom stereocenters. The zero-order chi connectivity index (χ0) is 13.0. The Balaban J connectivity index is 2.01. The van der Waals surface area contributed by atoms with Crippen LogP contribution in [0.15, 0.2) is 18.2 Å². The minimum absolute atomic E-state index is 0.243. The van der Waals surface area contributed by atoms with Gasteiger partial charge >= 0.3 is 5.97 Å². The maximum atomic E-state index is 11.1. The number of rotatable bonds is 4. The van der Waals surface area contributed by atoms with E-state index in [-0.39, 0.29) is 5.56 Å². The number of anilines is 1. The first-order valence-electron chi connectivity index (χ1n) is 6.01. The fourth-order valence-corrected chi connectivity index (χ4v) is 3.43. The molecule has 1 aliphatic rings. The van der Waals surface area contributed by atoms with E-state index in [0.717, 1.165) is 6.54 Å². The highest BCUT2D eigenvalue weighted by molar-refractivity contribution is 7.99. The van der Waals surface area contributed by atoms with Gasteiger partial charge in [0.1, 0.15) is 0 Å². The Morgan fingerprint density at radius 3 is 2.83 bits per heavy atom. The van der Waals surface area contributed by atoms with Crippen LogP contribution < -0.4 is 5.32 Å². The van der Waals surface area contributed by atoms with Crippen LogP contribution >= 0.6 is 23.4 Å². The first-order valence-corrected chi connectivity index (χ1v) is 7.54. The normalized spacial score (nSPS) is 16.5. The molecule has 2 rings (SSSR count). The van der Waals surface area contributed by atoms with E-state index in [2.05, 4.69) is 5.32 Å². The van der Waals surface area contributed by atoms with Gasteiger partial charge in [0.25, 0.3) is 0 Å². The highest BCUT2D eigenvalue weighted by Gasteiger charge is 2.15. The molecule has 0 bridgehead atoms. The summed E-state index contributed by atoms with van der Waals surface area (Å²) in [6.45, 7) is 0.836. The lowest BCUT2D eigenvalue weighted by Crippen LogP contribution is -2.20. The summed E-state index contributed by atoms with van der Waals surface area (Å²) in [5.41, 5.74) is 0.901. The third-order valence-electron chi connectivity index (χ3n) is 3.13. The molecule has 0 unspecified atom stereocenters. The number of aromatic carboxylic acids is 1. The van der Waals surface area contributed by atoms with Crippen LogP contribution in [0.3, 0.4) is 0 Å². The van der Waals surface area contributed by atoms with Gasteiger partial charge in [-0.3, -0.25) is 0 Å². The summed E-state index contributed by atoms with van der Waals surface area (Å²) < 4.78 is 0. The molecule has 98 valence electrons. The predicted molar refractivity (Wildman–Crippen MR) is 77.0 cm³/mol. The van der Waals surface area contributed by atoms with E-state index >= 15 is 0 Å². The summed E-state index contributed by atoms with van der Waals surface area (Å²) in [5, 5.41) is 12.8. The van der Waals surface area contributed by atoms with Gasteiger partial charge in [0.05, 0.1) is 5.56 Å². The Morgan fingerprint density at radius 2 is 2.17 bits per heavy atom. The van der Waals surface area contributed by atoms with Crippen molar-refractivity contribution in [3.63, 3.8) is 0 Å².